The van der Waals surface area contributed by atoms with Gasteiger partial charge >= 0.3 is 0 Å². The van der Waals surface area contributed by atoms with E-state index in [1.165, 1.54) is 11.1 Å². The molecule has 4 N–H and O–H groups in total. The molecule has 11 nitrogen and oxygen atoms in total. The lowest BCUT2D eigenvalue weighted by atomic mass is 9.92. The van der Waals surface area contributed by atoms with E-state index in [1.807, 2.05) is 64.9 Å². The van der Waals surface area contributed by atoms with E-state index in [-0.39, 0.29) is 36.3 Å². The largest absolute Gasteiger partial charge is 0.493 e. The van der Waals surface area contributed by atoms with E-state index >= 15 is 0 Å². The fourth-order valence-corrected chi connectivity index (χ4v) is 5.66. The van der Waals surface area contributed by atoms with Crippen LogP contribution in [0.4, 0.5) is 5.69 Å². The first-order valence-electron chi connectivity index (χ1n) is 14.2. The minimum absolute atomic E-state index is 0.0743. The minimum Gasteiger partial charge on any atom is -0.493 e. The summed E-state index contributed by atoms with van der Waals surface area (Å²) in [5.41, 5.74) is 4.25. The Kier molecular flexibility index (Phi) is 8.13. The highest BCUT2D eigenvalue weighted by Crippen LogP contribution is 2.36. The summed E-state index contributed by atoms with van der Waals surface area (Å²) in [7, 11) is 3.92. The van der Waals surface area contributed by atoms with Gasteiger partial charge in [-0.15, -0.1) is 0 Å². The Balaban J connectivity index is 1.34. The van der Waals surface area contributed by atoms with Crippen molar-refractivity contribution >= 4 is 28.5 Å². The van der Waals surface area contributed by atoms with Crippen molar-refractivity contribution in [3.05, 3.63) is 64.8 Å². The third-order valence-electron chi connectivity index (χ3n) is 7.36. The number of rotatable bonds is 11. The number of hydrogen-bond acceptors (Lipinski definition) is 9. The van der Waals surface area contributed by atoms with Gasteiger partial charge in [0.25, 0.3) is 11.8 Å². The van der Waals surface area contributed by atoms with Gasteiger partial charge in [-0.1, -0.05) is 31.5 Å². The lowest BCUT2D eigenvalue weighted by Crippen LogP contribution is -2.42. The number of carbonyl (C=O) groups is 2. The molecule has 0 fully saturated rings. The molecule has 1 aliphatic rings. The van der Waals surface area contributed by atoms with Crippen molar-refractivity contribution in [3.63, 3.8) is 0 Å². The predicted molar refractivity (Wildman–Crippen MR) is 165 cm³/mol. The van der Waals surface area contributed by atoms with Gasteiger partial charge in [0.15, 0.2) is 0 Å². The number of aliphatic hydroxyl groups is 1. The summed E-state index contributed by atoms with van der Waals surface area (Å²) in [4.78, 5) is 41.7. The van der Waals surface area contributed by atoms with Gasteiger partial charge in [0.1, 0.15) is 29.8 Å². The first-order valence-corrected chi connectivity index (χ1v) is 14.2. The molecule has 0 saturated heterocycles. The second-order valence-corrected chi connectivity index (χ2v) is 12.3. The Morgan fingerprint density at radius 3 is 2.51 bits per heavy atom. The van der Waals surface area contributed by atoms with E-state index in [9.17, 15) is 19.8 Å². The maximum absolute atomic E-state index is 13.3. The highest BCUT2D eigenvalue weighted by Gasteiger charge is 2.39. The number of aliphatic hydroxyl groups excluding tert-OH is 1. The third-order valence-corrected chi connectivity index (χ3v) is 7.36. The lowest BCUT2D eigenvalue weighted by molar-refractivity contribution is 0.0570. The molecule has 11 heteroatoms. The van der Waals surface area contributed by atoms with E-state index in [2.05, 4.69) is 20.3 Å². The van der Waals surface area contributed by atoms with Crippen LogP contribution in [0.1, 0.15) is 45.7 Å². The standard InChI is InChI=1S/C32H38N6O5/c1-18-7-8-26(19(2)11-18)43-15-20(39)14-34-23-9-10-33-29(40)27(23)28-35-24-12-21-22(13-25(24)36-28)31(42)38(30(21)41)17-32(3,4)16-37(5)6/h7-13,20,39H,14-17H2,1-6H3,(H,35,36)(H2,33,34,40). The molecular weight excluding hydrogens is 548 g/mol. The SMILES string of the molecule is Cc1ccc(OCC(O)CNc2ccnc(O)c2-c2nc3cc4c(cc3[nH]2)C(=O)N(CC(C)(C)CN(C)C)C4=O)c(C)c1. The van der Waals surface area contributed by atoms with Crippen molar-refractivity contribution in [2.24, 2.45) is 5.41 Å². The van der Waals surface area contributed by atoms with Gasteiger partial charge in [-0.25, -0.2) is 9.97 Å². The number of aromatic hydroxyl groups is 1. The molecule has 4 aromatic rings. The molecule has 0 saturated carbocycles. The Morgan fingerprint density at radius 1 is 1.09 bits per heavy atom. The molecule has 3 heterocycles. The van der Waals surface area contributed by atoms with Crippen LogP contribution >= 0.6 is 0 Å². The van der Waals surface area contributed by atoms with Crippen LogP contribution in [-0.4, -0.2) is 93.2 Å². The minimum atomic E-state index is -0.842. The molecule has 1 atom stereocenters. The molecule has 0 radical (unpaired) electrons. The van der Waals surface area contributed by atoms with Gasteiger partial charge in [-0.2, -0.15) is 0 Å². The Labute approximate surface area is 250 Å². The van der Waals surface area contributed by atoms with Crippen LogP contribution < -0.4 is 10.1 Å². The third kappa shape index (κ3) is 6.32. The molecule has 0 bridgehead atoms. The average Bonchev–Trinajstić information content (AvgIpc) is 3.43. The maximum atomic E-state index is 13.3. The molecule has 2 aromatic heterocycles. The summed E-state index contributed by atoms with van der Waals surface area (Å²) >= 11 is 0. The number of pyridine rings is 1. The molecule has 2 aromatic carbocycles. The number of aryl methyl sites for hydroxylation is 2. The van der Waals surface area contributed by atoms with E-state index in [4.69, 9.17) is 4.74 Å². The fraction of sp³-hybridized carbons (Fsp3) is 0.375. The van der Waals surface area contributed by atoms with Gasteiger partial charge in [0.05, 0.1) is 27.8 Å². The molecule has 2 amide bonds. The second-order valence-electron chi connectivity index (χ2n) is 12.3. The van der Waals surface area contributed by atoms with Crippen molar-refractivity contribution in [3.8, 4) is 23.0 Å². The fourth-order valence-electron chi connectivity index (χ4n) is 5.66. The number of aromatic nitrogens is 3. The number of ether oxygens (including phenoxy) is 1. The van der Waals surface area contributed by atoms with Gasteiger partial charge in [-0.05, 0) is 63.2 Å². The quantitative estimate of drug-likeness (QED) is 0.192. The number of H-pyrrole nitrogens is 1. The summed E-state index contributed by atoms with van der Waals surface area (Å²) in [5, 5.41) is 24.4. The van der Waals surface area contributed by atoms with Gasteiger partial charge in [0, 0.05) is 25.8 Å². The first kappa shape index (κ1) is 30.0. The zero-order valence-electron chi connectivity index (χ0n) is 25.4. The number of anilines is 1. The number of imidazole rings is 1. The molecule has 226 valence electrons. The molecule has 5 rings (SSSR count). The van der Waals surface area contributed by atoms with E-state index in [1.54, 1.807) is 18.2 Å². The highest BCUT2D eigenvalue weighted by molar-refractivity contribution is 6.23. The summed E-state index contributed by atoms with van der Waals surface area (Å²) in [6.07, 6.45) is 0.603. The number of nitrogens with zero attached hydrogens (tertiary/aromatic N) is 4. The number of hydrogen-bond donors (Lipinski definition) is 4. The number of aromatic amines is 1. The highest BCUT2D eigenvalue weighted by atomic mass is 16.5. The zero-order chi connectivity index (χ0) is 31.1. The number of imide groups is 1. The zero-order valence-corrected chi connectivity index (χ0v) is 25.4. The smallest absolute Gasteiger partial charge is 0.261 e. The van der Waals surface area contributed by atoms with Crippen LogP contribution in [0.25, 0.3) is 22.4 Å². The van der Waals surface area contributed by atoms with Crippen molar-refractivity contribution in [2.45, 2.75) is 33.8 Å². The van der Waals surface area contributed by atoms with Crippen LogP contribution in [0.5, 0.6) is 11.6 Å². The number of carbonyl (C=O) groups excluding carboxylic acids is 2. The summed E-state index contributed by atoms with van der Waals surface area (Å²) < 4.78 is 5.80. The van der Waals surface area contributed by atoms with Crippen LogP contribution in [0.15, 0.2) is 42.6 Å². The number of nitrogens with one attached hydrogen (secondary N) is 2. The number of amides is 2. The molecule has 43 heavy (non-hydrogen) atoms. The number of benzene rings is 2. The molecule has 0 spiro atoms. The molecule has 0 aliphatic carbocycles. The van der Waals surface area contributed by atoms with Crippen LogP contribution in [0, 0.1) is 19.3 Å². The summed E-state index contributed by atoms with van der Waals surface area (Å²) in [6.45, 7) is 9.24. The summed E-state index contributed by atoms with van der Waals surface area (Å²) in [5.74, 6) is 0.0598. The van der Waals surface area contributed by atoms with E-state index in [0.29, 0.717) is 58.1 Å². The van der Waals surface area contributed by atoms with Crippen molar-refractivity contribution in [2.75, 3.05) is 45.7 Å². The van der Waals surface area contributed by atoms with Gasteiger partial charge in [-0.3, -0.25) is 14.5 Å². The molecular formula is C32H38N6O5. The van der Waals surface area contributed by atoms with E-state index < -0.39 is 6.10 Å². The lowest BCUT2D eigenvalue weighted by Gasteiger charge is -2.31. The van der Waals surface area contributed by atoms with Crippen LogP contribution in [-0.2, 0) is 0 Å². The number of fused-ring (bicyclic) bond motifs is 2. The van der Waals surface area contributed by atoms with E-state index in [0.717, 1.165) is 11.1 Å². The monoisotopic (exact) mass is 586 g/mol. The average molecular weight is 587 g/mol. The van der Waals surface area contributed by atoms with Crippen LogP contribution in [0.2, 0.25) is 0 Å². The first-order chi connectivity index (χ1) is 20.3. The Hall–Kier alpha value is -4.48. The normalized spacial score (nSPS) is 14.1. The van der Waals surface area contributed by atoms with Crippen molar-refractivity contribution < 1.29 is 24.5 Å². The Morgan fingerprint density at radius 2 is 1.81 bits per heavy atom. The van der Waals surface area contributed by atoms with Crippen molar-refractivity contribution in [1.29, 1.82) is 0 Å². The summed E-state index contributed by atoms with van der Waals surface area (Å²) in [6, 6.07) is 10.8. The van der Waals surface area contributed by atoms with Gasteiger partial charge < -0.3 is 30.2 Å². The van der Waals surface area contributed by atoms with Crippen molar-refractivity contribution in [1.82, 2.24) is 24.8 Å². The molecule has 1 aliphatic heterocycles. The Bertz CT molecular complexity index is 1640. The maximum Gasteiger partial charge on any atom is 0.261 e. The molecule has 1 unspecified atom stereocenters. The van der Waals surface area contributed by atoms with Gasteiger partial charge in [0.2, 0.25) is 5.88 Å². The predicted octanol–water partition coefficient (Wildman–Crippen LogP) is 3.98. The topological polar surface area (TPSA) is 144 Å². The second kappa shape index (κ2) is 11.7. The van der Waals surface area contributed by atoms with Crippen LogP contribution in [0.3, 0.4) is 0 Å².